The predicted molar refractivity (Wildman–Crippen MR) is 48.8 cm³/mol. The van der Waals surface area contributed by atoms with E-state index in [0.717, 1.165) is 6.42 Å². The number of likely N-dealkylation sites (N-methyl/N-ethyl adjacent to an activating group) is 1. The monoisotopic (exact) mass is 201 g/mol. The van der Waals surface area contributed by atoms with E-state index in [4.69, 9.17) is 5.11 Å². The zero-order valence-corrected chi connectivity index (χ0v) is 8.40. The number of carbonyl (C=O) groups excluding carboxylic acids is 1. The van der Waals surface area contributed by atoms with Crippen molar-refractivity contribution in [3.63, 3.8) is 0 Å². The predicted octanol–water partition coefficient (Wildman–Crippen LogP) is -0.0456. The van der Waals surface area contributed by atoms with Crippen LogP contribution in [0.4, 0.5) is 0 Å². The lowest BCUT2D eigenvalue weighted by atomic mass is 9.89. The number of likely N-dealkylation sites (tertiary alicyclic amines) is 1. The van der Waals surface area contributed by atoms with Crippen molar-refractivity contribution in [2.75, 3.05) is 20.7 Å². The number of carbonyl (C=O) groups is 2. The number of rotatable bonds is 2. The second-order valence-electron chi connectivity index (χ2n) is 3.54. The summed E-state index contributed by atoms with van der Waals surface area (Å²) in [6.45, 7) is 0.713. The minimum atomic E-state index is -0.956. The van der Waals surface area contributed by atoms with Gasteiger partial charge < -0.3 is 9.84 Å². The molecular formula is C9H15NO4. The Bertz CT molecular complexity index is 241. The fraction of sp³-hybridized carbons (Fsp3) is 0.778. The molecule has 14 heavy (non-hydrogen) atoms. The van der Waals surface area contributed by atoms with E-state index >= 15 is 0 Å². The summed E-state index contributed by atoms with van der Waals surface area (Å²) in [6, 6.07) is -0.740. The van der Waals surface area contributed by atoms with Gasteiger partial charge in [-0.3, -0.25) is 14.5 Å². The van der Waals surface area contributed by atoms with Gasteiger partial charge in [0.1, 0.15) is 6.04 Å². The van der Waals surface area contributed by atoms with E-state index in [1.165, 1.54) is 7.11 Å². The van der Waals surface area contributed by atoms with Crippen LogP contribution in [0.25, 0.3) is 0 Å². The topological polar surface area (TPSA) is 66.8 Å². The summed E-state index contributed by atoms with van der Waals surface area (Å²) in [6.07, 6.45) is 1.42. The highest BCUT2D eigenvalue weighted by Gasteiger charge is 2.39. The third kappa shape index (κ3) is 2.04. The van der Waals surface area contributed by atoms with Crippen LogP contribution in [-0.2, 0) is 14.3 Å². The first-order chi connectivity index (χ1) is 6.57. The maximum absolute atomic E-state index is 11.3. The molecule has 0 saturated carbocycles. The Hall–Kier alpha value is -1.10. The molecule has 0 aromatic carbocycles. The zero-order valence-electron chi connectivity index (χ0n) is 8.40. The van der Waals surface area contributed by atoms with E-state index in [1.54, 1.807) is 11.9 Å². The number of carboxylic acid groups (broad SMARTS) is 1. The minimum Gasteiger partial charge on any atom is -0.480 e. The lowest BCUT2D eigenvalue weighted by Gasteiger charge is -2.34. The second kappa shape index (κ2) is 4.41. The van der Waals surface area contributed by atoms with Gasteiger partial charge >= 0.3 is 11.9 Å². The van der Waals surface area contributed by atoms with E-state index in [1.807, 2.05) is 0 Å². The van der Waals surface area contributed by atoms with Crippen LogP contribution < -0.4 is 0 Å². The Labute approximate surface area is 82.6 Å². The molecule has 1 fully saturated rings. The fourth-order valence-corrected chi connectivity index (χ4v) is 1.92. The van der Waals surface area contributed by atoms with Gasteiger partial charge in [-0.25, -0.2) is 0 Å². The number of piperidine rings is 1. The van der Waals surface area contributed by atoms with E-state index in [2.05, 4.69) is 4.74 Å². The normalized spacial score (nSPS) is 28.4. The van der Waals surface area contributed by atoms with E-state index in [0.29, 0.717) is 13.0 Å². The van der Waals surface area contributed by atoms with Crippen molar-refractivity contribution in [3.05, 3.63) is 0 Å². The molecule has 0 aromatic rings. The number of aliphatic carboxylic acids is 1. The highest BCUT2D eigenvalue weighted by Crippen LogP contribution is 2.23. The Kier molecular flexibility index (Phi) is 3.46. The molecule has 2 atom stereocenters. The highest BCUT2D eigenvalue weighted by molar-refractivity contribution is 5.83. The molecular weight excluding hydrogens is 186 g/mol. The van der Waals surface area contributed by atoms with Crippen molar-refractivity contribution in [1.29, 1.82) is 0 Å². The summed E-state index contributed by atoms with van der Waals surface area (Å²) in [7, 11) is 3.00. The van der Waals surface area contributed by atoms with Crippen molar-refractivity contribution < 1.29 is 19.4 Å². The van der Waals surface area contributed by atoms with Gasteiger partial charge in [-0.1, -0.05) is 0 Å². The molecule has 0 aliphatic carbocycles. The van der Waals surface area contributed by atoms with Gasteiger partial charge in [0.2, 0.25) is 0 Å². The van der Waals surface area contributed by atoms with Gasteiger partial charge in [0, 0.05) is 0 Å². The minimum absolute atomic E-state index is 0.427. The van der Waals surface area contributed by atoms with Crippen molar-refractivity contribution in [2.45, 2.75) is 18.9 Å². The third-order valence-corrected chi connectivity index (χ3v) is 2.64. The molecule has 5 heteroatoms. The molecule has 2 unspecified atom stereocenters. The first-order valence-electron chi connectivity index (χ1n) is 4.58. The molecule has 80 valence electrons. The van der Waals surface area contributed by atoms with Gasteiger partial charge in [0.15, 0.2) is 0 Å². The van der Waals surface area contributed by atoms with Crippen LogP contribution in [0.15, 0.2) is 0 Å². The Morgan fingerprint density at radius 1 is 1.50 bits per heavy atom. The average Bonchev–Trinajstić information content (AvgIpc) is 2.15. The first kappa shape index (κ1) is 11.0. The van der Waals surface area contributed by atoms with Crippen LogP contribution in [0.1, 0.15) is 12.8 Å². The summed E-state index contributed by atoms with van der Waals surface area (Å²) >= 11 is 0. The zero-order chi connectivity index (χ0) is 10.7. The first-order valence-corrected chi connectivity index (χ1v) is 4.58. The Morgan fingerprint density at radius 2 is 2.14 bits per heavy atom. The number of hydrogen-bond donors (Lipinski definition) is 1. The maximum Gasteiger partial charge on any atom is 0.321 e. The molecule has 1 aliphatic heterocycles. The summed E-state index contributed by atoms with van der Waals surface area (Å²) in [4.78, 5) is 23.9. The smallest absolute Gasteiger partial charge is 0.321 e. The number of hydrogen-bond acceptors (Lipinski definition) is 4. The van der Waals surface area contributed by atoms with Gasteiger partial charge in [-0.05, 0) is 26.4 Å². The fourth-order valence-electron chi connectivity index (χ4n) is 1.92. The van der Waals surface area contributed by atoms with Crippen LogP contribution in [-0.4, -0.2) is 48.7 Å². The molecule has 0 bridgehead atoms. The van der Waals surface area contributed by atoms with Crippen LogP contribution in [0.2, 0.25) is 0 Å². The molecule has 5 nitrogen and oxygen atoms in total. The average molecular weight is 201 g/mol. The molecule has 0 radical (unpaired) electrons. The van der Waals surface area contributed by atoms with Crippen molar-refractivity contribution >= 4 is 11.9 Å². The van der Waals surface area contributed by atoms with E-state index in [9.17, 15) is 9.59 Å². The molecule has 0 aromatic heterocycles. The second-order valence-corrected chi connectivity index (χ2v) is 3.54. The highest BCUT2D eigenvalue weighted by atomic mass is 16.5. The number of esters is 1. The lowest BCUT2D eigenvalue weighted by molar-refractivity contribution is -0.159. The van der Waals surface area contributed by atoms with Gasteiger partial charge in [0.05, 0.1) is 13.0 Å². The van der Waals surface area contributed by atoms with Crippen LogP contribution in [0.5, 0.6) is 0 Å². The molecule has 0 amide bonds. The molecule has 0 spiro atoms. The van der Waals surface area contributed by atoms with Gasteiger partial charge in [-0.15, -0.1) is 0 Å². The number of methoxy groups -OCH3 is 1. The summed E-state index contributed by atoms with van der Waals surface area (Å²) in [5, 5.41) is 8.97. The molecule has 1 rings (SSSR count). The van der Waals surface area contributed by atoms with E-state index in [-0.39, 0.29) is 0 Å². The number of nitrogens with zero attached hydrogens (tertiary/aromatic N) is 1. The summed E-state index contributed by atoms with van der Waals surface area (Å²) in [5.41, 5.74) is 0. The van der Waals surface area contributed by atoms with Crippen molar-refractivity contribution in [1.82, 2.24) is 4.90 Å². The van der Waals surface area contributed by atoms with Crippen LogP contribution in [0, 0.1) is 5.92 Å². The van der Waals surface area contributed by atoms with Gasteiger partial charge in [-0.2, -0.15) is 0 Å². The Morgan fingerprint density at radius 3 is 2.64 bits per heavy atom. The lowest BCUT2D eigenvalue weighted by Crippen LogP contribution is -2.50. The quantitative estimate of drug-likeness (QED) is 0.635. The maximum atomic E-state index is 11.3. The standard InChI is InChI=1S/C9H15NO4/c1-10-5-3-4-6(9(13)14-2)7(10)8(11)12/h6-7H,3-5H2,1-2H3,(H,11,12). The van der Waals surface area contributed by atoms with Crippen molar-refractivity contribution in [3.8, 4) is 0 Å². The molecule has 1 N–H and O–H groups in total. The van der Waals surface area contributed by atoms with Gasteiger partial charge in [0.25, 0.3) is 0 Å². The number of ether oxygens (including phenoxy) is 1. The summed E-state index contributed by atoms with van der Waals surface area (Å²) in [5.74, 6) is -1.91. The molecule has 1 aliphatic rings. The van der Waals surface area contributed by atoms with Crippen LogP contribution in [0.3, 0.4) is 0 Å². The summed E-state index contributed by atoms with van der Waals surface area (Å²) < 4.78 is 4.59. The van der Waals surface area contributed by atoms with Crippen LogP contribution >= 0.6 is 0 Å². The van der Waals surface area contributed by atoms with E-state index < -0.39 is 23.9 Å². The third-order valence-electron chi connectivity index (χ3n) is 2.64. The SMILES string of the molecule is COC(=O)C1CCCN(C)C1C(=O)O. The molecule has 1 saturated heterocycles. The number of carboxylic acids is 1. The van der Waals surface area contributed by atoms with Crippen molar-refractivity contribution in [2.24, 2.45) is 5.92 Å². The largest absolute Gasteiger partial charge is 0.480 e. The molecule has 1 heterocycles. The Balaban J connectivity index is 2.79.